The molecule has 56 heavy (non-hydrogen) atoms. The highest BCUT2D eigenvalue weighted by molar-refractivity contribution is 5.92. The van der Waals surface area contributed by atoms with E-state index in [1.54, 1.807) is 60.6 Å². The topological polar surface area (TPSA) is 299 Å². The molecule has 0 aliphatic carbocycles. The smallest absolute Gasteiger partial charge is 0.408 e. The molecule has 0 aromatic heterocycles. The quantitative estimate of drug-likeness (QED) is 0.0736. The molecule has 0 aliphatic heterocycles. The first-order valence-electron chi connectivity index (χ1n) is 17.7. The Morgan fingerprint density at radius 1 is 0.661 bits per heavy atom. The molecule has 0 spiro atoms. The number of carbonyl (C=O) groups excluding carboxylic acids is 7. The van der Waals surface area contributed by atoms with Crippen LogP contribution in [0.15, 0.2) is 30.3 Å². The number of benzene rings is 1. The zero-order chi connectivity index (χ0) is 43.8. The number of nitrogens with two attached hydrogens (primary N) is 1. The van der Waals surface area contributed by atoms with E-state index in [0.29, 0.717) is 0 Å². The number of esters is 3. The lowest BCUT2D eigenvalue weighted by atomic mass is 9.99. The summed E-state index contributed by atoms with van der Waals surface area (Å²) in [5.74, 6) is -4.69. The number of methoxy groups -OCH3 is 1. The standard InChI is InChI=1S/C15H27NO6.C12H15NO5.C10H20N2O4/c1-9(14(21)22-15(3,4)5)6-12(19)11(8-18)16-13(20)10(2)7-17;1-17-11(15)10(7-14)13-12(16)18-8-9-5-3-2-4-6-9;1-6(9(15)16-10(2,3)4)12-8(14)7(11)5-13/h9-11,17-18H,6-8H2,1-5H3,(H,16,20);2-6,10,14H,7-8H2,1H3,(H,13,16);6-7,13H,5,11H2,1-4H3,(H,12,14)/t9-,10+,11+;10-;6-,7-/m100/s1. The number of carbonyl (C=O) groups is 7. The summed E-state index contributed by atoms with van der Waals surface area (Å²) in [5.41, 5.74) is 4.86. The van der Waals surface area contributed by atoms with Gasteiger partial charge in [-0.3, -0.25) is 19.2 Å². The van der Waals surface area contributed by atoms with E-state index >= 15 is 0 Å². The number of aliphatic hydroxyl groups is 4. The van der Waals surface area contributed by atoms with Crippen molar-refractivity contribution in [3.63, 3.8) is 0 Å². The number of ketones is 1. The van der Waals surface area contributed by atoms with E-state index in [4.69, 9.17) is 35.3 Å². The summed E-state index contributed by atoms with van der Waals surface area (Å²) < 4.78 is 19.5. The summed E-state index contributed by atoms with van der Waals surface area (Å²) in [6.45, 7) is 13.1. The third-order valence-corrected chi connectivity index (χ3v) is 6.75. The summed E-state index contributed by atoms with van der Waals surface area (Å²) in [6.07, 6.45) is -0.934. The minimum Gasteiger partial charge on any atom is -0.467 e. The van der Waals surface area contributed by atoms with Crippen LogP contribution in [0.25, 0.3) is 0 Å². The van der Waals surface area contributed by atoms with Gasteiger partial charge in [-0.15, -0.1) is 0 Å². The first-order valence-corrected chi connectivity index (χ1v) is 17.7. The van der Waals surface area contributed by atoms with Crippen LogP contribution in [0.2, 0.25) is 0 Å². The van der Waals surface area contributed by atoms with Gasteiger partial charge in [0.05, 0.1) is 45.4 Å². The first-order chi connectivity index (χ1) is 25.9. The third kappa shape index (κ3) is 24.7. The molecule has 9 N–H and O–H groups in total. The molecule has 0 saturated heterocycles. The maximum absolute atomic E-state index is 12.1. The Morgan fingerprint density at radius 2 is 1.18 bits per heavy atom. The predicted octanol–water partition coefficient (Wildman–Crippen LogP) is -0.372. The third-order valence-electron chi connectivity index (χ3n) is 6.75. The minimum atomic E-state index is -1.11. The number of ether oxygens (including phenoxy) is 4. The zero-order valence-corrected chi connectivity index (χ0v) is 34.0. The van der Waals surface area contributed by atoms with Crippen molar-refractivity contribution in [2.45, 2.75) is 111 Å². The highest BCUT2D eigenvalue weighted by Crippen LogP contribution is 2.14. The molecule has 1 aromatic rings. The lowest BCUT2D eigenvalue weighted by Crippen LogP contribution is -2.49. The number of alkyl carbamates (subject to hydrolysis) is 1. The number of hydrogen-bond donors (Lipinski definition) is 8. The second-order valence-corrected chi connectivity index (χ2v) is 14.4. The van der Waals surface area contributed by atoms with Crippen molar-refractivity contribution in [2.24, 2.45) is 17.6 Å². The molecule has 6 atom stereocenters. The van der Waals surface area contributed by atoms with Gasteiger partial charge in [-0.2, -0.15) is 0 Å². The summed E-state index contributed by atoms with van der Waals surface area (Å²) in [4.78, 5) is 80.7. The van der Waals surface area contributed by atoms with Gasteiger partial charge in [0.2, 0.25) is 11.8 Å². The van der Waals surface area contributed by atoms with Crippen LogP contribution in [-0.2, 0) is 54.3 Å². The molecule has 0 saturated carbocycles. The van der Waals surface area contributed by atoms with E-state index in [9.17, 15) is 38.7 Å². The van der Waals surface area contributed by atoms with Gasteiger partial charge in [-0.1, -0.05) is 44.2 Å². The Balaban J connectivity index is 0. The number of Topliss-reactive ketones (excluding diaryl/α,β-unsaturated/α-hetero) is 1. The first kappa shape index (κ1) is 53.4. The van der Waals surface area contributed by atoms with Gasteiger partial charge >= 0.3 is 24.0 Å². The van der Waals surface area contributed by atoms with Gasteiger partial charge in [0.15, 0.2) is 11.8 Å². The minimum absolute atomic E-state index is 0.0893. The lowest BCUT2D eigenvalue weighted by Gasteiger charge is -2.23. The fourth-order valence-corrected chi connectivity index (χ4v) is 3.64. The van der Waals surface area contributed by atoms with E-state index in [0.717, 1.165) is 5.56 Å². The Hall–Kier alpha value is -4.69. The maximum atomic E-state index is 12.1. The molecule has 0 unspecified atom stereocenters. The van der Waals surface area contributed by atoms with E-state index in [-0.39, 0.29) is 19.6 Å². The van der Waals surface area contributed by atoms with Crippen molar-refractivity contribution < 1.29 is 72.9 Å². The van der Waals surface area contributed by atoms with Gasteiger partial charge in [0, 0.05) is 6.42 Å². The van der Waals surface area contributed by atoms with Gasteiger partial charge in [0.1, 0.15) is 35.9 Å². The van der Waals surface area contributed by atoms with Crippen LogP contribution < -0.4 is 21.7 Å². The summed E-state index contributed by atoms with van der Waals surface area (Å²) in [6, 6.07) is 5.08. The monoisotopic (exact) mass is 802 g/mol. The zero-order valence-electron chi connectivity index (χ0n) is 34.0. The van der Waals surface area contributed by atoms with Crippen LogP contribution in [0.4, 0.5) is 4.79 Å². The van der Waals surface area contributed by atoms with Gasteiger partial charge in [-0.25, -0.2) is 14.4 Å². The van der Waals surface area contributed by atoms with Crippen LogP contribution >= 0.6 is 0 Å². The molecule has 1 aromatic carbocycles. The molecule has 3 amide bonds. The van der Waals surface area contributed by atoms with E-state index in [1.165, 1.54) is 21.0 Å². The van der Waals surface area contributed by atoms with Gasteiger partial charge < -0.3 is 61.1 Å². The summed E-state index contributed by atoms with van der Waals surface area (Å²) in [7, 11) is 1.17. The molecule has 0 fully saturated rings. The normalized spacial score (nSPS) is 14.1. The van der Waals surface area contributed by atoms with Crippen molar-refractivity contribution in [1.29, 1.82) is 0 Å². The molecule has 320 valence electrons. The second-order valence-electron chi connectivity index (χ2n) is 14.4. The molecule has 1 rings (SSSR count). The molecular weight excluding hydrogens is 740 g/mol. The fraction of sp³-hybridized carbons (Fsp3) is 0.649. The Labute approximate surface area is 328 Å². The molecule has 19 heteroatoms. The highest BCUT2D eigenvalue weighted by atomic mass is 16.6. The summed E-state index contributed by atoms with van der Waals surface area (Å²) >= 11 is 0. The van der Waals surface area contributed by atoms with Crippen LogP contribution in [0, 0.1) is 11.8 Å². The Morgan fingerprint density at radius 3 is 1.62 bits per heavy atom. The SMILES string of the molecule is COC(=O)[C@H](CO)NC(=O)OCc1ccccc1.C[C@H](CC(=O)[C@H](CO)NC(=O)[C@@H](C)CO)C(=O)OC(C)(C)C.C[C@H](NC(=O)[C@@H](N)CO)C(=O)OC(C)(C)C. The van der Waals surface area contributed by atoms with Gasteiger partial charge in [0.25, 0.3) is 0 Å². The van der Waals surface area contributed by atoms with Crippen molar-refractivity contribution in [3.05, 3.63) is 35.9 Å². The largest absolute Gasteiger partial charge is 0.467 e. The summed E-state index contributed by atoms with van der Waals surface area (Å²) in [5, 5.41) is 42.6. The van der Waals surface area contributed by atoms with Crippen molar-refractivity contribution >= 4 is 41.6 Å². The molecule has 0 heterocycles. The maximum Gasteiger partial charge on any atom is 0.408 e. The van der Waals surface area contributed by atoms with Crippen molar-refractivity contribution in [2.75, 3.05) is 33.5 Å². The average molecular weight is 803 g/mol. The van der Waals surface area contributed by atoms with Crippen LogP contribution in [0.1, 0.15) is 74.3 Å². The Bertz CT molecular complexity index is 1380. The number of aliphatic hydroxyl groups excluding tert-OH is 4. The van der Waals surface area contributed by atoms with Gasteiger partial charge in [-0.05, 0) is 54.0 Å². The average Bonchev–Trinajstić information content (AvgIpc) is 3.13. The lowest BCUT2D eigenvalue weighted by molar-refractivity contribution is -0.160. The second kappa shape index (κ2) is 27.0. The Kier molecular flexibility index (Phi) is 25.8. The predicted molar refractivity (Wildman–Crippen MR) is 201 cm³/mol. The highest BCUT2D eigenvalue weighted by Gasteiger charge is 2.29. The van der Waals surface area contributed by atoms with Crippen LogP contribution in [0.3, 0.4) is 0 Å². The molecule has 0 bridgehead atoms. The molecular formula is C37H62N4O15. The number of amides is 3. The van der Waals surface area contributed by atoms with Crippen LogP contribution in [0.5, 0.6) is 0 Å². The van der Waals surface area contributed by atoms with Crippen molar-refractivity contribution in [3.8, 4) is 0 Å². The molecule has 19 nitrogen and oxygen atoms in total. The van der Waals surface area contributed by atoms with E-state index < -0.39 is 109 Å². The van der Waals surface area contributed by atoms with Crippen molar-refractivity contribution in [1.82, 2.24) is 16.0 Å². The molecule has 0 radical (unpaired) electrons. The number of rotatable bonds is 17. The van der Waals surface area contributed by atoms with Crippen LogP contribution in [-0.4, -0.2) is 131 Å². The molecule has 0 aliphatic rings. The fourth-order valence-electron chi connectivity index (χ4n) is 3.64. The van der Waals surface area contributed by atoms with E-state index in [2.05, 4.69) is 20.7 Å². The van der Waals surface area contributed by atoms with E-state index in [1.807, 2.05) is 18.2 Å². The number of nitrogens with one attached hydrogen (secondary N) is 3. The number of hydrogen-bond acceptors (Lipinski definition) is 16.